The first kappa shape index (κ1) is 23.7. The van der Waals surface area contributed by atoms with Crippen molar-refractivity contribution in [1.29, 1.82) is 0 Å². The van der Waals surface area contributed by atoms with Crippen LogP contribution in [0.15, 0.2) is 59.7 Å². The van der Waals surface area contributed by atoms with E-state index in [1.54, 1.807) is 24.3 Å². The molecule has 36 heavy (non-hydrogen) atoms. The molecule has 0 radical (unpaired) electrons. The minimum atomic E-state index is -0.960. The molecule has 0 aromatic heterocycles. The molecule has 0 bridgehead atoms. The van der Waals surface area contributed by atoms with E-state index in [2.05, 4.69) is 10.4 Å². The van der Waals surface area contributed by atoms with Gasteiger partial charge in [-0.1, -0.05) is 55.3 Å². The zero-order chi connectivity index (χ0) is 25.1. The first-order valence-corrected chi connectivity index (χ1v) is 12.3. The van der Waals surface area contributed by atoms with Crippen LogP contribution >= 0.6 is 0 Å². The molecule has 1 aliphatic carbocycles. The van der Waals surface area contributed by atoms with Crippen molar-refractivity contribution in [2.45, 2.75) is 50.5 Å². The fourth-order valence-electron chi connectivity index (χ4n) is 5.22. The number of nitrogens with zero attached hydrogens (tertiary/aromatic N) is 3. The highest BCUT2D eigenvalue weighted by Gasteiger charge is 2.52. The van der Waals surface area contributed by atoms with Gasteiger partial charge in [0.05, 0.1) is 30.1 Å². The van der Waals surface area contributed by atoms with Gasteiger partial charge < -0.3 is 10.1 Å². The standard InChI is InChI=1S/C27H28N4O5/c32-23(30-17-14-20(29-30)19-8-2-1-3-9-19)12-13-25(34)36-18-24(33)31-22-11-5-4-10-21(22)28-26(35)27(31)15-6-7-16-27/h1-5,8-11H,6-7,12-18H2,(H,28,35). The maximum absolute atomic E-state index is 13.3. The van der Waals surface area contributed by atoms with E-state index in [9.17, 15) is 19.2 Å². The Balaban J connectivity index is 1.18. The third-order valence-corrected chi connectivity index (χ3v) is 7.02. The minimum absolute atomic E-state index is 0.0581. The summed E-state index contributed by atoms with van der Waals surface area (Å²) < 4.78 is 5.25. The summed E-state index contributed by atoms with van der Waals surface area (Å²) in [4.78, 5) is 52.7. The first-order chi connectivity index (χ1) is 17.5. The van der Waals surface area contributed by atoms with Gasteiger partial charge in [0, 0.05) is 12.8 Å². The molecule has 5 rings (SSSR count). The molecule has 3 aliphatic rings. The Hall–Kier alpha value is -4.01. The molecule has 2 heterocycles. The van der Waals surface area contributed by atoms with Gasteiger partial charge in [-0.2, -0.15) is 5.10 Å². The normalized spacial score (nSPS) is 18.0. The van der Waals surface area contributed by atoms with Crippen LogP contribution in [0.5, 0.6) is 0 Å². The van der Waals surface area contributed by atoms with Crippen molar-refractivity contribution in [3.63, 3.8) is 0 Å². The van der Waals surface area contributed by atoms with E-state index in [0.29, 0.717) is 37.2 Å². The van der Waals surface area contributed by atoms with Crippen LogP contribution in [0.1, 0.15) is 50.5 Å². The maximum atomic E-state index is 13.3. The zero-order valence-electron chi connectivity index (χ0n) is 19.9. The molecule has 1 spiro atoms. The number of hydrazone groups is 1. The van der Waals surface area contributed by atoms with Gasteiger partial charge in [0.15, 0.2) is 6.61 Å². The number of nitrogens with one attached hydrogen (secondary N) is 1. The molecule has 9 nitrogen and oxygen atoms in total. The van der Waals surface area contributed by atoms with E-state index in [0.717, 1.165) is 24.1 Å². The first-order valence-electron chi connectivity index (χ1n) is 12.3. The smallest absolute Gasteiger partial charge is 0.306 e. The summed E-state index contributed by atoms with van der Waals surface area (Å²) in [5.41, 5.74) is 2.02. The molecule has 2 aromatic rings. The lowest BCUT2D eigenvalue weighted by atomic mass is 9.90. The largest absolute Gasteiger partial charge is 0.456 e. The van der Waals surface area contributed by atoms with E-state index >= 15 is 0 Å². The van der Waals surface area contributed by atoms with Crippen molar-refractivity contribution in [2.75, 3.05) is 23.4 Å². The SMILES string of the molecule is O=C(CCC(=O)N1CCC(c2ccccc2)=N1)OCC(=O)N1c2ccccc2NC(=O)C12CCCC2. The second-order valence-corrected chi connectivity index (χ2v) is 9.28. The Morgan fingerprint density at radius 1 is 0.944 bits per heavy atom. The Bertz CT molecular complexity index is 1220. The van der Waals surface area contributed by atoms with Gasteiger partial charge in [0.2, 0.25) is 5.91 Å². The summed E-state index contributed by atoms with van der Waals surface area (Å²) >= 11 is 0. The molecule has 1 N–H and O–H groups in total. The number of hydrogen-bond donors (Lipinski definition) is 1. The number of amides is 3. The summed E-state index contributed by atoms with van der Waals surface area (Å²) in [7, 11) is 0. The van der Waals surface area contributed by atoms with Crippen molar-refractivity contribution in [3.05, 3.63) is 60.2 Å². The maximum Gasteiger partial charge on any atom is 0.306 e. The van der Waals surface area contributed by atoms with Crippen molar-refractivity contribution in [2.24, 2.45) is 5.10 Å². The molecule has 0 saturated heterocycles. The molecule has 1 fully saturated rings. The number of carbonyl (C=O) groups excluding carboxylic acids is 4. The second kappa shape index (κ2) is 9.93. The molecular weight excluding hydrogens is 460 g/mol. The van der Waals surface area contributed by atoms with Crippen molar-refractivity contribution < 1.29 is 23.9 Å². The van der Waals surface area contributed by atoms with E-state index in [1.807, 2.05) is 30.3 Å². The molecule has 2 aromatic carbocycles. The molecule has 9 heteroatoms. The van der Waals surface area contributed by atoms with E-state index in [4.69, 9.17) is 4.74 Å². The van der Waals surface area contributed by atoms with Crippen LogP contribution in [0.3, 0.4) is 0 Å². The van der Waals surface area contributed by atoms with Gasteiger partial charge >= 0.3 is 5.97 Å². The quantitative estimate of drug-likeness (QED) is 0.628. The van der Waals surface area contributed by atoms with E-state index in [-0.39, 0.29) is 24.7 Å². The highest BCUT2D eigenvalue weighted by molar-refractivity contribution is 6.15. The molecule has 3 amide bonds. The number of hydrogen-bond acceptors (Lipinski definition) is 6. The van der Waals surface area contributed by atoms with Gasteiger partial charge in [-0.05, 0) is 30.5 Å². The summed E-state index contributed by atoms with van der Waals surface area (Å²) in [5.74, 6) is -1.56. The van der Waals surface area contributed by atoms with Gasteiger partial charge in [-0.3, -0.25) is 24.1 Å². The van der Waals surface area contributed by atoms with Gasteiger partial charge in [0.25, 0.3) is 11.8 Å². The Kier molecular flexibility index (Phi) is 6.54. The summed E-state index contributed by atoms with van der Waals surface area (Å²) in [5, 5.41) is 8.70. The number of anilines is 2. The number of ether oxygens (including phenoxy) is 1. The van der Waals surface area contributed by atoms with Crippen LogP contribution in [0, 0.1) is 0 Å². The third kappa shape index (κ3) is 4.48. The molecule has 0 unspecified atom stereocenters. The van der Waals surface area contributed by atoms with Gasteiger partial charge in [-0.25, -0.2) is 5.01 Å². The van der Waals surface area contributed by atoms with Crippen LogP contribution < -0.4 is 10.2 Å². The predicted octanol–water partition coefficient (Wildman–Crippen LogP) is 3.24. The third-order valence-electron chi connectivity index (χ3n) is 7.02. The van der Waals surface area contributed by atoms with Gasteiger partial charge in [0.1, 0.15) is 5.54 Å². The lowest BCUT2D eigenvalue weighted by Crippen LogP contribution is -2.61. The number of para-hydroxylation sites is 2. The van der Waals surface area contributed by atoms with Crippen molar-refractivity contribution >= 4 is 40.8 Å². The molecule has 0 atom stereocenters. The van der Waals surface area contributed by atoms with E-state index < -0.39 is 24.0 Å². The van der Waals surface area contributed by atoms with Crippen LogP contribution in [-0.2, 0) is 23.9 Å². The van der Waals surface area contributed by atoms with Crippen LogP contribution in [-0.4, -0.2) is 53.1 Å². The average molecular weight is 489 g/mol. The number of carbonyl (C=O) groups is 4. The number of rotatable bonds is 6. The molecule has 2 aliphatic heterocycles. The monoisotopic (exact) mass is 488 g/mol. The Labute approximate surface area is 209 Å². The summed E-state index contributed by atoms with van der Waals surface area (Å²) in [6, 6.07) is 16.8. The predicted molar refractivity (Wildman–Crippen MR) is 133 cm³/mol. The zero-order valence-corrected chi connectivity index (χ0v) is 19.9. The highest BCUT2D eigenvalue weighted by atomic mass is 16.5. The molecule has 186 valence electrons. The summed E-state index contributed by atoms with van der Waals surface area (Å²) in [6.07, 6.45) is 3.24. The number of fused-ring (bicyclic) bond motifs is 1. The Morgan fingerprint density at radius 2 is 1.67 bits per heavy atom. The highest BCUT2D eigenvalue weighted by Crippen LogP contribution is 2.45. The van der Waals surface area contributed by atoms with Gasteiger partial charge in [-0.15, -0.1) is 0 Å². The number of benzene rings is 2. The second-order valence-electron chi connectivity index (χ2n) is 9.28. The number of esters is 1. The topological polar surface area (TPSA) is 108 Å². The summed E-state index contributed by atoms with van der Waals surface area (Å²) in [6.45, 7) is -0.0223. The minimum Gasteiger partial charge on any atom is -0.456 e. The van der Waals surface area contributed by atoms with Crippen LogP contribution in [0.25, 0.3) is 0 Å². The molecule has 1 saturated carbocycles. The fraction of sp³-hybridized carbons (Fsp3) is 0.370. The fourth-order valence-corrected chi connectivity index (χ4v) is 5.22. The van der Waals surface area contributed by atoms with Crippen molar-refractivity contribution in [1.82, 2.24) is 5.01 Å². The van der Waals surface area contributed by atoms with Crippen LogP contribution in [0.4, 0.5) is 11.4 Å². The average Bonchev–Trinajstić information content (AvgIpc) is 3.59. The van der Waals surface area contributed by atoms with Crippen LogP contribution in [0.2, 0.25) is 0 Å². The lowest BCUT2D eigenvalue weighted by Gasteiger charge is -2.44. The Morgan fingerprint density at radius 3 is 2.44 bits per heavy atom. The van der Waals surface area contributed by atoms with E-state index in [1.165, 1.54) is 9.91 Å². The molecular formula is C27H28N4O5. The lowest BCUT2D eigenvalue weighted by molar-refractivity contribution is -0.149. The van der Waals surface area contributed by atoms with Crippen molar-refractivity contribution in [3.8, 4) is 0 Å².